The maximum absolute atomic E-state index is 12.4. The molecule has 0 spiro atoms. The van der Waals surface area contributed by atoms with Crippen molar-refractivity contribution < 1.29 is 4.79 Å². The summed E-state index contributed by atoms with van der Waals surface area (Å²) in [7, 11) is 0. The maximum Gasteiger partial charge on any atom is 0.235 e. The number of amides is 1. The first-order valence-electron chi connectivity index (χ1n) is 9.73. The third-order valence-corrected chi connectivity index (χ3v) is 7.16. The lowest BCUT2D eigenvalue weighted by Gasteiger charge is -2.14. The Bertz CT molecular complexity index is 993. The van der Waals surface area contributed by atoms with Gasteiger partial charge in [-0.05, 0) is 43.9 Å². The minimum atomic E-state index is -0.0611. The molecule has 1 aliphatic carbocycles. The molecule has 7 nitrogen and oxygen atoms in total. The highest BCUT2D eigenvalue weighted by molar-refractivity contribution is 8.01. The summed E-state index contributed by atoms with van der Waals surface area (Å²) in [4.78, 5) is 12.4. The topological polar surface area (TPSA) is 84.7 Å². The molecule has 2 N–H and O–H groups in total. The predicted molar refractivity (Wildman–Crippen MR) is 118 cm³/mol. The summed E-state index contributed by atoms with van der Waals surface area (Å²) in [6, 6.07) is 8.38. The third kappa shape index (κ3) is 4.79. The first-order valence-corrected chi connectivity index (χ1v) is 11.5. The zero-order valence-electron chi connectivity index (χ0n) is 16.5. The molecule has 0 atom stereocenters. The highest BCUT2D eigenvalue weighted by atomic mass is 32.2. The Kier molecular flexibility index (Phi) is 6.15. The molecule has 3 aromatic rings. The van der Waals surface area contributed by atoms with E-state index in [0.717, 1.165) is 33.8 Å². The number of rotatable bonds is 7. The first kappa shape index (κ1) is 19.9. The number of hydrogen-bond donors (Lipinski definition) is 2. The number of nitrogens with zero attached hydrogens (tertiary/aromatic N) is 4. The van der Waals surface area contributed by atoms with E-state index in [1.807, 2.05) is 22.9 Å². The fraction of sp³-hybridized carbons (Fsp3) is 0.400. The van der Waals surface area contributed by atoms with Crippen LogP contribution >= 0.6 is 23.1 Å². The van der Waals surface area contributed by atoms with Crippen molar-refractivity contribution in [3.05, 3.63) is 41.6 Å². The Labute approximate surface area is 178 Å². The maximum atomic E-state index is 12.4. The number of anilines is 3. The van der Waals surface area contributed by atoms with E-state index >= 15 is 0 Å². The van der Waals surface area contributed by atoms with E-state index in [2.05, 4.69) is 45.8 Å². The van der Waals surface area contributed by atoms with Gasteiger partial charge < -0.3 is 10.6 Å². The van der Waals surface area contributed by atoms with Gasteiger partial charge in [0, 0.05) is 11.8 Å². The fourth-order valence-electron chi connectivity index (χ4n) is 3.48. The zero-order chi connectivity index (χ0) is 20.2. The predicted octanol–water partition coefficient (Wildman–Crippen LogP) is 4.94. The summed E-state index contributed by atoms with van der Waals surface area (Å²) < 4.78 is 2.71. The van der Waals surface area contributed by atoms with E-state index in [-0.39, 0.29) is 11.7 Å². The summed E-state index contributed by atoms with van der Waals surface area (Å²) in [6.07, 6.45) is 6.45. The summed E-state index contributed by atoms with van der Waals surface area (Å²) >= 11 is 2.84. The molecule has 2 aromatic heterocycles. The van der Waals surface area contributed by atoms with E-state index in [9.17, 15) is 4.79 Å². The van der Waals surface area contributed by atoms with Gasteiger partial charge in [-0.1, -0.05) is 48.1 Å². The SMILES string of the molecule is Cc1cccc(Nc2nnc(SCC(=O)Nc3ccnn3C3CCCC3)s2)c1C. The summed E-state index contributed by atoms with van der Waals surface area (Å²) in [6.45, 7) is 4.16. The number of hydrogen-bond acceptors (Lipinski definition) is 7. The molecule has 1 fully saturated rings. The van der Waals surface area contributed by atoms with Gasteiger partial charge in [-0.15, -0.1) is 10.2 Å². The Balaban J connectivity index is 1.31. The molecule has 1 aliphatic rings. The van der Waals surface area contributed by atoms with Crippen LogP contribution in [0.5, 0.6) is 0 Å². The molecule has 0 unspecified atom stereocenters. The van der Waals surface area contributed by atoms with Crippen molar-refractivity contribution >= 4 is 45.6 Å². The Hall–Kier alpha value is -2.39. The second-order valence-electron chi connectivity index (χ2n) is 7.18. The number of carbonyl (C=O) groups is 1. The monoisotopic (exact) mass is 428 g/mol. The summed E-state index contributed by atoms with van der Waals surface area (Å²) in [5.74, 6) is 1.000. The number of nitrogens with one attached hydrogen (secondary N) is 2. The van der Waals surface area contributed by atoms with Crippen LogP contribution in [0.25, 0.3) is 0 Å². The smallest absolute Gasteiger partial charge is 0.235 e. The minimum Gasteiger partial charge on any atom is -0.330 e. The number of aryl methyl sites for hydroxylation is 1. The molecule has 0 radical (unpaired) electrons. The van der Waals surface area contributed by atoms with Crippen LogP contribution in [0, 0.1) is 13.8 Å². The number of thioether (sulfide) groups is 1. The molecule has 29 heavy (non-hydrogen) atoms. The van der Waals surface area contributed by atoms with Gasteiger partial charge in [0.2, 0.25) is 11.0 Å². The zero-order valence-corrected chi connectivity index (χ0v) is 18.1. The highest BCUT2D eigenvalue weighted by Crippen LogP contribution is 2.32. The van der Waals surface area contributed by atoms with Gasteiger partial charge in [0.05, 0.1) is 18.0 Å². The molecule has 0 aliphatic heterocycles. The lowest BCUT2D eigenvalue weighted by Crippen LogP contribution is -2.19. The Morgan fingerprint density at radius 2 is 2.07 bits per heavy atom. The van der Waals surface area contributed by atoms with Gasteiger partial charge in [-0.25, -0.2) is 4.68 Å². The average Bonchev–Trinajstić information content (AvgIpc) is 3.45. The summed E-state index contributed by atoms with van der Waals surface area (Å²) in [5.41, 5.74) is 3.44. The molecule has 1 amide bonds. The van der Waals surface area contributed by atoms with Crippen molar-refractivity contribution in [3.8, 4) is 0 Å². The van der Waals surface area contributed by atoms with Crippen LogP contribution in [0.1, 0.15) is 42.9 Å². The molecule has 0 bridgehead atoms. The normalized spacial score (nSPS) is 14.3. The van der Waals surface area contributed by atoms with Crippen LogP contribution in [0.2, 0.25) is 0 Å². The van der Waals surface area contributed by atoms with E-state index in [0.29, 0.717) is 6.04 Å². The number of carbonyl (C=O) groups excluding carboxylic acids is 1. The first-order chi connectivity index (χ1) is 14.1. The minimum absolute atomic E-state index is 0.0611. The molecule has 1 saturated carbocycles. The van der Waals surface area contributed by atoms with Crippen LogP contribution < -0.4 is 10.6 Å². The van der Waals surface area contributed by atoms with Gasteiger partial charge in [-0.3, -0.25) is 4.79 Å². The van der Waals surface area contributed by atoms with E-state index in [1.54, 1.807) is 6.20 Å². The Morgan fingerprint density at radius 3 is 2.90 bits per heavy atom. The standard InChI is InChI=1S/C20H24N6OS2/c1-13-6-5-9-16(14(13)2)22-19-24-25-20(29-19)28-12-18(27)23-17-10-11-21-26(17)15-7-3-4-8-15/h5-6,9-11,15H,3-4,7-8,12H2,1-2H3,(H,22,24)(H,23,27). The second kappa shape index (κ2) is 8.96. The Morgan fingerprint density at radius 1 is 1.24 bits per heavy atom. The van der Waals surface area contributed by atoms with Crippen LogP contribution in [0.4, 0.5) is 16.6 Å². The average molecular weight is 429 g/mol. The largest absolute Gasteiger partial charge is 0.330 e. The molecular formula is C20H24N6OS2. The van der Waals surface area contributed by atoms with E-state index in [1.165, 1.54) is 47.1 Å². The van der Waals surface area contributed by atoms with Crippen molar-refractivity contribution in [2.75, 3.05) is 16.4 Å². The number of benzene rings is 1. The second-order valence-corrected chi connectivity index (χ2v) is 9.38. The van der Waals surface area contributed by atoms with Gasteiger partial charge in [-0.2, -0.15) is 5.10 Å². The van der Waals surface area contributed by atoms with Crippen molar-refractivity contribution in [3.63, 3.8) is 0 Å². The fourth-order valence-corrected chi connectivity index (χ4v) is 5.04. The lowest BCUT2D eigenvalue weighted by atomic mass is 10.1. The van der Waals surface area contributed by atoms with Crippen molar-refractivity contribution in [2.45, 2.75) is 49.9 Å². The molecule has 0 saturated heterocycles. The van der Waals surface area contributed by atoms with Crippen LogP contribution in [0.3, 0.4) is 0 Å². The van der Waals surface area contributed by atoms with Crippen LogP contribution in [-0.2, 0) is 4.79 Å². The van der Waals surface area contributed by atoms with Gasteiger partial charge >= 0.3 is 0 Å². The van der Waals surface area contributed by atoms with Crippen LogP contribution in [0.15, 0.2) is 34.8 Å². The molecule has 9 heteroatoms. The quantitative estimate of drug-likeness (QED) is 0.519. The van der Waals surface area contributed by atoms with Gasteiger partial charge in [0.15, 0.2) is 4.34 Å². The van der Waals surface area contributed by atoms with Gasteiger partial charge in [0.1, 0.15) is 5.82 Å². The number of aromatic nitrogens is 4. The summed E-state index contributed by atoms with van der Waals surface area (Å²) in [5, 5.41) is 19.8. The lowest BCUT2D eigenvalue weighted by molar-refractivity contribution is -0.113. The molecule has 152 valence electrons. The van der Waals surface area contributed by atoms with Crippen molar-refractivity contribution in [1.82, 2.24) is 20.0 Å². The molecule has 1 aromatic carbocycles. The van der Waals surface area contributed by atoms with Crippen LogP contribution in [-0.4, -0.2) is 31.6 Å². The van der Waals surface area contributed by atoms with Crippen molar-refractivity contribution in [2.24, 2.45) is 0 Å². The molecular weight excluding hydrogens is 404 g/mol. The molecule has 4 rings (SSSR count). The highest BCUT2D eigenvalue weighted by Gasteiger charge is 2.20. The van der Waals surface area contributed by atoms with E-state index in [4.69, 9.17) is 0 Å². The van der Waals surface area contributed by atoms with Gasteiger partial charge in [0.25, 0.3) is 0 Å². The van der Waals surface area contributed by atoms with Crippen molar-refractivity contribution in [1.29, 1.82) is 0 Å². The third-order valence-electron chi connectivity index (χ3n) is 5.19. The van der Waals surface area contributed by atoms with E-state index < -0.39 is 0 Å². The molecule has 2 heterocycles.